The molecule has 150 valence electrons. The fourth-order valence-corrected chi connectivity index (χ4v) is 3.48. The molecule has 4 heterocycles. The topological polar surface area (TPSA) is 108 Å². The van der Waals surface area contributed by atoms with Gasteiger partial charge in [0.2, 0.25) is 5.62 Å². The van der Waals surface area contributed by atoms with Crippen molar-refractivity contribution in [1.29, 1.82) is 5.41 Å². The first-order valence-corrected chi connectivity index (χ1v) is 9.10. The molecule has 1 atom stereocenters. The van der Waals surface area contributed by atoms with Crippen LogP contribution in [0.1, 0.15) is 17.5 Å². The second-order valence-electron chi connectivity index (χ2n) is 6.76. The third-order valence-corrected chi connectivity index (χ3v) is 4.91. The second-order valence-corrected chi connectivity index (χ2v) is 6.76. The van der Waals surface area contributed by atoms with Crippen LogP contribution in [0.5, 0.6) is 0 Å². The summed E-state index contributed by atoms with van der Waals surface area (Å²) >= 11 is 0. The predicted molar refractivity (Wildman–Crippen MR) is 107 cm³/mol. The minimum absolute atomic E-state index is 0.0409. The molecule has 30 heavy (non-hydrogen) atoms. The lowest BCUT2D eigenvalue weighted by molar-refractivity contribution is 0.456. The van der Waals surface area contributed by atoms with E-state index in [1.165, 1.54) is 16.7 Å². The van der Waals surface area contributed by atoms with E-state index in [9.17, 15) is 9.18 Å². The van der Waals surface area contributed by atoms with Crippen LogP contribution in [0.25, 0.3) is 11.2 Å². The molecule has 1 aromatic carbocycles. The second kappa shape index (κ2) is 6.66. The summed E-state index contributed by atoms with van der Waals surface area (Å²) in [7, 11) is 1.80. The maximum atomic E-state index is 13.0. The molecule has 10 heteroatoms. The van der Waals surface area contributed by atoms with E-state index in [1.54, 1.807) is 41.2 Å². The van der Waals surface area contributed by atoms with Gasteiger partial charge in [-0.15, -0.1) is 0 Å². The molecule has 0 spiro atoms. The van der Waals surface area contributed by atoms with Crippen LogP contribution in [-0.4, -0.2) is 26.3 Å². The molecule has 0 radical (unpaired) electrons. The summed E-state index contributed by atoms with van der Waals surface area (Å²) in [5.74, 6) is 6.67. The van der Waals surface area contributed by atoms with Gasteiger partial charge < -0.3 is 14.7 Å². The Labute approximate surface area is 168 Å². The molecule has 4 aromatic rings. The van der Waals surface area contributed by atoms with Gasteiger partial charge in [-0.1, -0.05) is 11.8 Å². The van der Waals surface area contributed by atoms with Crippen molar-refractivity contribution in [3.63, 3.8) is 0 Å². The van der Waals surface area contributed by atoms with Gasteiger partial charge in [-0.25, -0.2) is 13.9 Å². The predicted octanol–water partition coefficient (Wildman–Crippen LogP) is 1.48. The lowest BCUT2D eigenvalue weighted by atomic mass is 10.2. The van der Waals surface area contributed by atoms with E-state index in [-0.39, 0.29) is 29.8 Å². The summed E-state index contributed by atoms with van der Waals surface area (Å²) in [6.07, 6.45) is 1.23. The number of hydrogen-bond acceptors (Lipinski definition) is 6. The van der Waals surface area contributed by atoms with E-state index >= 15 is 0 Å². The van der Waals surface area contributed by atoms with Gasteiger partial charge in [0.15, 0.2) is 17.6 Å². The van der Waals surface area contributed by atoms with Crippen LogP contribution in [0.15, 0.2) is 51.9 Å². The normalized spacial score (nSPS) is 15.0. The van der Waals surface area contributed by atoms with Crippen LogP contribution >= 0.6 is 0 Å². The van der Waals surface area contributed by atoms with Gasteiger partial charge in [-0.2, -0.15) is 4.98 Å². The average Bonchev–Trinajstić information content (AvgIpc) is 3.43. The van der Waals surface area contributed by atoms with Crippen LogP contribution in [0.4, 0.5) is 10.2 Å². The molecular formula is C20H16FN7O2. The summed E-state index contributed by atoms with van der Waals surface area (Å²) in [6.45, 7) is 0.0730. The van der Waals surface area contributed by atoms with E-state index < -0.39 is 0 Å². The van der Waals surface area contributed by atoms with Crippen molar-refractivity contribution < 1.29 is 8.81 Å². The van der Waals surface area contributed by atoms with Crippen molar-refractivity contribution in [2.75, 3.05) is 17.4 Å². The lowest BCUT2D eigenvalue weighted by Gasteiger charge is -2.20. The first-order chi connectivity index (χ1) is 14.5. The van der Waals surface area contributed by atoms with Gasteiger partial charge in [0, 0.05) is 12.6 Å². The lowest BCUT2D eigenvalue weighted by Crippen LogP contribution is -2.38. The first kappa shape index (κ1) is 17.8. The van der Waals surface area contributed by atoms with Crippen LogP contribution in [0, 0.1) is 23.1 Å². The average molecular weight is 405 g/mol. The molecule has 0 saturated heterocycles. The Morgan fingerprint density at radius 1 is 1.30 bits per heavy atom. The summed E-state index contributed by atoms with van der Waals surface area (Å²) in [5, 5.41) is 13.4. The monoisotopic (exact) mass is 405 g/mol. The number of nitrogens with zero attached hydrogens (tertiary/aromatic N) is 4. The number of furan rings is 1. The standard InChI is InChI=1S/C20H16FN7O2/c1-26-16(14-5-3-11-30-14)24-18-15-17(25-19(22)28(18)26)27(20(29)23-15)10-2-4-12-6-8-13(21)9-7-12/h3,5-9,11,16,22,24H,10H2,1H3,(H,23,29). The number of imidazole rings is 1. The van der Waals surface area contributed by atoms with Crippen LogP contribution in [-0.2, 0) is 6.54 Å². The Hall–Kier alpha value is -4.26. The SMILES string of the molecule is CN1C(c2ccco2)Nc2c3[nH]c(=O)n(CC#Cc4ccc(F)cc4)c3nc(=N)n21. The Morgan fingerprint density at radius 3 is 2.83 bits per heavy atom. The summed E-state index contributed by atoms with van der Waals surface area (Å²) in [6, 6.07) is 9.40. The molecule has 0 saturated carbocycles. The molecule has 5 rings (SSSR count). The van der Waals surface area contributed by atoms with E-state index in [2.05, 4.69) is 27.1 Å². The summed E-state index contributed by atoms with van der Waals surface area (Å²) < 4.78 is 21.4. The highest BCUT2D eigenvalue weighted by Gasteiger charge is 2.32. The van der Waals surface area contributed by atoms with Crippen molar-refractivity contribution in [2.45, 2.75) is 12.7 Å². The molecule has 0 fully saturated rings. The van der Waals surface area contributed by atoms with Gasteiger partial charge in [0.05, 0.1) is 12.8 Å². The number of fused-ring (bicyclic) bond motifs is 3. The van der Waals surface area contributed by atoms with Crippen LogP contribution in [0.2, 0.25) is 0 Å². The number of anilines is 1. The first-order valence-electron chi connectivity index (χ1n) is 9.10. The third-order valence-electron chi connectivity index (χ3n) is 4.91. The van der Waals surface area contributed by atoms with Crippen LogP contribution in [0.3, 0.4) is 0 Å². The number of aromatic amines is 1. The zero-order valence-corrected chi connectivity index (χ0v) is 15.8. The number of nitrogens with one attached hydrogen (secondary N) is 3. The Balaban J connectivity index is 1.55. The zero-order chi connectivity index (χ0) is 20.8. The molecule has 1 unspecified atom stereocenters. The van der Waals surface area contributed by atoms with E-state index in [1.807, 2.05) is 6.07 Å². The number of H-pyrrole nitrogens is 1. The minimum Gasteiger partial charge on any atom is -0.465 e. The fourth-order valence-electron chi connectivity index (χ4n) is 3.48. The maximum Gasteiger partial charge on any atom is 0.328 e. The Bertz CT molecular complexity index is 1420. The third kappa shape index (κ3) is 2.76. The molecule has 0 amide bonds. The Morgan fingerprint density at radius 2 is 2.10 bits per heavy atom. The van der Waals surface area contributed by atoms with E-state index in [0.29, 0.717) is 28.3 Å². The molecule has 1 aliphatic heterocycles. The van der Waals surface area contributed by atoms with Gasteiger partial charge in [-0.3, -0.25) is 15.0 Å². The van der Waals surface area contributed by atoms with Crippen molar-refractivity contribution in [3.8, 4) is 11.8 Å². The largest absolute Gasteiger partial charge is 0.465 e. The van der Waals surface area contributed by atoms with Gasteiger partial charge in [-0.05, 0) is 36.4 Å². The zero-order valence-electron chi connectivity index (χ0n) is 15.8. The van der Waals surface area contributed by atoms with Crippen molar-refractivity contribution in [1.82, 2.24) is 19.2 Å². The number of halogens is 1. The van der Waals surface area contributed by atoms with Gasteiger partial charge in [0.25, 0.3) is 0 Å². The Kier molecular flexibility index (Phi) is 3.96. The smallest absolute Gasteiger partial charge is 0.328 e. The fraction of sp³-hybridized carbons (Fsp3) is 0.150. The number of aromatic nitrogens is 4. The maximum absolute atomic E-state index is 13.0. The van der Waals surface area contributed by atoms with Gasteiger partial charge >= 0.3 is 5.69 Å². The summed E-state index contributed by atoms with van der Waals surface area (Å²) in [5.41, 5.74) is 1.01. The molecular weight excluding hydrogens is 389 g/mol. The highest BCUT2D eigenvalue weighted by Crippen LogP contribution is 2.31. The quantitative estimate of drug-likeness (QED) is 0.438. The molecule has 3 aromatic heterocycles. The molecule has 1 aliphatic rings. The van der Waals surface area contributed by atoms with Crippen molar-refractivity contribution >= 4 is 17.0 Å². The van der Waals surface area contributed by atoms with Gasteiger partial charge in [0.1, 0.15) is 17.1 Å². The molecule has 0 aliphatic carbocycles. The highest BCUT2D eigenvalue weighted by molar-refractivity contribution is 5.84. The van der Waals surface area contributed by atoms with Crippen molar-refractivity contribution in [2.24, 2.45) is 0 Å². The summed E-state index contributed by atoms with van der Waals surface area (Å²) in [4.78, 5) is 19.7. The highest BCUT2D eigenvalue weighted by atomic mass is 19.1. The number of rotatable bonds is 2. The molecule has 3 N–H and O–H groups in total. The van der Waals surface area contributed by atoms with E-state index in [4.69, 9.17) is 9.83 Å². The van der Waals surface area contributed by atoms with Crippen molar-refractivity contribution in [3.05, 3.63) is 75.9 Å². The molecule has 9 nitrogen and oxygen atoms in total. The van der Waals surface area contributed by atoms with Crippen LogP contribution < -0.4 is 21.6 Å². The molecule has 0 bridgehead atoms. The number of benzene rings is 1. The minimum atomic E-state index is -0.384. The number of hydrogen-bond donors (Lipinski definition) is 3. The van der Waals surface area contributed by atoms with E-state index in [0.717, 1.165) is 0 Å².